The monoisotopic (exact) mass is 1300 g/mol. The van der Waals surface area contributed by atoms with Gasteiger partial charge >= 0.3 is 12.0 Å². The number of aliphatic hydroxyl groups is 1. The number of carbonyl (C=O) groups is 10. The molecule has 488 valence electrons. The molecule has 0 saturated carbocycles. The Balaban J connectivity index is 1.32. The fraction of sp³-hybridized carbons (Fsp3) is 0.344. The Hall–Kier alpha value is -9.64. The van der Waals surface area contributed by atoms with Gasteiger partial charge in [-0.25, -0.2) is 9.59 Å². The number of unbranched alkanes of at least 4 members (excludes halogenated alkanes) is 1. The maximum Gasteiger partial charge on any atom is 0.327 e. The maximum absolute atomic E-state index is 15.2. The molecule has 7 rings (SSSR count). The number of carbonyl (C=O) groups excluding carboxylic acids is 9. The first-order chi connectivity index (χ1) is 44.1. The van der Waals surface area contributed by atoms with Gasteiger partial charge in [-0.05, 0) is 90.9 Å². The predicted molar refractivity (Wildman–Crippen MR) is 348 cm³/mol. The molecule has 1 aliphatic heterocycles. The van der Waals surface area contributed by atoms with Crippen LogP contribution in [0, 0.1) is 0 Å². The number of fused-ring (bicyclic) bond motifs is 1. The molecule has 1 fully saturated rings. The number of rotatable bonds is 19. The number of hydrogen-bond acceptors (Lipinski definition) is 16. The molecule has 28 heteroatoms. The molecule has 0 radical (unpaired) electrons. The third kappa shape index (κ3) is 21.2. The van der Waals surface area contributed by atoms with Gasteiger partial charge in [-0.2, -0.15) is 0 Å². The molecule has 10 atom stereocenters. The van der Waals surface area contributed by atoms with Gasteiger partial charge in [0.25, 0.3) is 0 Å². The first-order valence-electron chi connectivity index (χ1n) is 29.7. The Labute approximate surface area is 538 Å². The van der Waals surface area contributed by atoms with Crippen molar-refractivity contribution in [3.63, 3.8) is 0 Å². The zero-order valence-electron chi connectivity index (χ0n) is 50.3. The van der Waals surface area contributed by atoms with Crippen LogP contribution in [0.5, 0.6) is 5.75 Å². The number of aliphatic carboxylic acids is 1. The SMILES string of the molecule is C[C@@H](O)[C@@H]1NC(=O)[C@H](CCCCN)NC(=O)[C@H](Cc2c[nH]c3ccccc23)NC(=O)[C@H](Cc2ccc(N)cc2)NC(=O)[C@H](Cc2ccccc2)NC(=O)[C@@H](NC(=O)[C@H](Cc2ccc(O)cc2)NC(N)=O)CSSC[C@@H](C(=O)O)NC(=O)[C@H](Cc2ccccc2)NC1=O. The van der Waals surface area contributed by atoms with Crippen LogP contribution in [0.4, 0.5) is 10.5 Å². The standard InChI is InChI=1S/C64H77N13O13S2/c1-36(78)54-62(87)73-49(29-38-14-6-3-7-15-38)58(83)75-53(63(88)89)35-92-91-34-52(74-59(84)50(76-64(67)90)31-40-21-25-43(79)26-22-40)61(86)71-47(28-37-12-4-2-5-13-37)56(81)70-48(30-39-19-23-42(66)24-20-39)57(82)72-51(32-41-33-68-45-17-9-8-16-44(41)45)60(85)69-46(55(80)77-54)18-10-11-27-65/h2-9,12-17,19-26,33,36,46-54,68,78-79H,10-11,18,27-32,34-35,65-66H2,1H3,(H,69,85)(H,70,81)(H,71,86)(H,72,82)(H,73,87)(H,74,84)(H,75,83)(H,77,80)(H,88,89)(H3,67,76,90)/t36-,46+,47+,48+,49+,50+,51+,52+,53+,54+/m1/s1. The van der Waals surface area contributed by atoms with Crippen LogP contribution in [0.25, 0.3) is 10.9 Å². The zero-order valence-corrected chi connectivity index (χ0v) is 51.9. The fourth-order valence-electron chi connectivity index (χ4n) is 10.1. The van der Waals surface area contributed by atoms with Gasteiger partial charge in [0, 0.05) is 66.4 Å². The molecule has 6 aromatic rings. The summed E-state index contributed by atoms with van der Waals surface area (Å²) < 4.78 is 0. The Morgan fingerprint density at radius 3 is 1.63 bits per heavy atom. The molecule has 0 spiro atoms. The average Bonchev–Trinajstić information content (AvgIpc) is 1.61. The third-order valence-corrected chi connectivity index (χ3v) is 17.5. The van der Waals surface area contributed by atoms with Crippen molar-refractivity contribution < 1.29 is 63.3 Å². The van der Waals surface area contributed by atoms with Crippen LogP contribution in [-0.2, 0) is 75.3 Å². The second-order valence-electron chi connectivity index (χ2n) is 22.2. The van der Waals surface area contributed by atoms with Gasteiger partial charge in [0.05, 0.1) is 6.10 Å². The quantitative estimate of drug-likeness (QED) is 0.0304. The molecule has 10 amide bonds. The molecule has 5 aromatic carbocycles. The Bertz CT molecular complexity index is 3510. The molecule has 1 aliphatic rings. The van der Waals surface area contributed by atoms with E-state index in [1.54, 1.807) is 109 Å². The van der Waals surface area contributed by atoms with E-state index in [2.05, 4.69) is 52.8 Å². The lowest BCUT2D eigenvalue weighted by molar-refractivity contribution is -0.141. The Morgan fingerprint density at radius 2 is 1.07 bits per heavy atom. The number of nitrogen functional groups attached to an aromatic ring is 1. The smallest absolute Gasteiger partial charge is 0.327 e. The largest absolute Gasteiger partial charge is 0.508 e. The summed E-state index contributed by atoms with van der Waals surface area (Å²) >= 11 is 0. The number of phenolic OH excluding ortho intramolecular Hbond substituents is 1. The molecule has 26 nitrogen and oxygen atoms in total. The van der Waals surface area contributed by atoms with E-state index in [1.165, 1.54) is 31.2 Å². The minimum absolute atomic E-state index is 0.0535. The van der Waals surface area contributed by atoms with Crippen LogP contribution >= 0.6 is 21.6 Å². The van der Waals surface area contributed by atoms with E-state index in [0.717, 1.165) is 21.6 Å². The highest BCUT2D eigenvalue weighted by molar-refractivity contribution is 8.76. The van der Waals surface area contributed by atoms with Gasteiger partial charge in [0.15, 0.2) is 0 Å². The van der Waals surface area contributed by atoms with Crippen LogP contribution in [0.2, 0.25) is 0 Å². The van der Waals surface area contributed by atoms with Gasteiger partial charge in [0.1, 0.15) is 60.1 Å². The number of H-pyrrole nitrogens is 1. The van der Waals surface area contributed by atoms with E-state index < -0.39 is 120 Å². The molecule has 19 N–H and O–H groups in total. The average molecular weight is 1300 g/mol. The van der Waals surface area contributed by atoms with Gasteiger partial charge in [-0.15, -0.1) is 0 Å². The number of benzene rings is 5. The van der Waals surface area contributed by atoms with Crippen molar-refractivity contribution in [2.24, 2.45) is 11.5 Å². The summed E-state index contributed by atoms with van der Waals surface area (Å²) in [7, 11) is 1.77. The molecule has 92 heavy (non-hydrogen) atoms. The van der Waals surface area contributed by atoms with Gasteiger partial charge in [-0.1, -0.05) is 125 Å². The molecule has 2 heterocycles. The highest BCUT2D eigenvalue weighted by atomic mass is 33.1. The van der Waals surface area contributed by atoms with Crippen molar-refractivity contribution in [3.8, 4) is 5.75 Å². The number of aromatic nitrogens is 1. The topological polar surface area (TPSA) is 434 Å². The van der Waals surface area contributed by atoms with Crippen LogP contribution in [-0.4, -0.2) is 158 Å². The molecular weight excluding hydrogens is 1220 g/mol. The van der Waals surface area contributed by atoms with Crippen molar-refractivity contribution in [1.29, 1.82) is 0 Å². The lowest BCUT2D eigenvalue weighted by atomic mass is 10.00. The number of aromatic amines is 1. The number of para-hydroxylation sites is 1. The Kier molecular flexibility index (Phi) is 26.2. The number of hydrogen-bond donors (Lipinski definition) is 16. The van der Waals surface area contributed by atoms with E-state index in [0.29, 0.717) is 50.8 Å². The van der Waals surface area contributed by atoms with Crippen LogP contribution < -0.4 is 65.1 Å². The summed E-state index contributed by atoms with van der Waals surface area (Å²) in [4.78, 5) is 147. The van der Waals surface area contributed by atoms with Gasteiger partial charge in [0.2, 0.25) is 47.3 Å². The molecular formula is C64H77N13O13S2. The summed E-state index contributed by atoms with van der Waals surface area (Å²) in [5.41, 5.74) is 21.2. The molecule has 1 saturated heterocycles. The number of carboxylic acid groups (broad SMARTS) is 1. The number of amides is 10. The number of nitrogens with one attached hydrogen (secondary N) is 10. The van der Waals surface area contributed by atoms with Crippen molar-refractivity contribution in [2.45, 2.75) is 119 Å². The third-order valence-electron chi connectivity index (χ3n) is 15.1. The summed E-state index contributed by atoms with van der Waals surface area (Å²) in [6.07, 6.45) is -0.309. The highest BCUT2D eigenvalue weighted by Gasteiger charge is 2.37. The van der Waals surface area contributed by atoms with Crippen LogP contribution in [0.1, 0.15) is 54.0 Å². The van der Waals surface area contributed by atoms with Crippen molar-refractivity contribution in [3.05, 3.63) is 167 Å². The second kappa shape index (κ2) is 34.5. The molecule has 0 unspecified atom stereocenters. The first kappa shape index (κ1) is 69.8. The molecule has 0 bridgehead atoms. The fourth-order valence-corrected chi connectivity index (χ4v) is 12.4. The predicted octanol–water partition coefficient (Wildman–Crippen LogP) is 0.874. The van der Waals surface area contributed by atoms with Crippen LogP contribution in [0.3, 0.4) is 0 Å². The number of anilines is 1. The summed E-state index contributed by atoms with van der Waals surface area (Å²) in [5, 5.41) is 56.1. The van der Waals surface area contributed by atoms with E-state index in [1.807, 2.05) is 6.07 Å². The molecule has 0 aliphatic carbocycles. The summed E-state index contributed by atoms with van der Waals surface area (Å²) in [5.74, 6) is -9.80. The van der Waals surface area contributed by atoms with E-state index in [-0.39, 0.29) is 68.7 Å². The number of aromatic hydroxyl groups is 1. The van der Waals surface area contributed by atoms with Crippen molar-refractivity contribution >= 4 is 97.4 Å². The number of aliphatic hydroxyl groups excluding tert-OH is 1. The summed E-state index contributed by atoms with van der Waals surface area (Å²) in [6, 6.07) is 21.3. The minimum Gasteiger partial charge on any atom is -0.508 e. The zero-order chi connectivity index (χ0) is 66.3. The first-order valence-corrected chi connectivity index (χ1v) is 32.2. The van der Waals surface area contributed by atoms with Crippen LogP contribution in [0.15, 0.2) is 140 Å². The minimum atomic E-state index is -1.77. The number of urea groups is 1. The lowest BCUT2D eigenvalue weighted by Crippen LogP contribution is -2.62. The number of carboxylic acids is 1. The summed E-state index contributed by atoms with van der Waals surface area (Å²) in [6.45, 7) is 1.43. The van der Waals surface area contributed by atoms with E-state index in [4.69, 9.17) is 17.2 Å². The lowest BCUT2D eigenvalue weighted by Gasteiger charge is -2.29. The highest BCUT2D eigenvalue weighted by Crippen LogP contribution is 2.25. The molecule has 1 aromatic heterocycles. The number of primary amides is 1. The maximum atomic E-state index is 15.2. The number of phenols is 1. The Morgan fingerprint density at radius 1 is 0.576 bits per heavy atom. The number of nitrogens with two attached hydrogens (primary N) is 3. The van der Waals surface area contributed by atoms with E-state index >= 15 is 14.4 Å². The van der Waals surface area contributed by atoms with Crippen molar-refractivity contribution in [2.75, 3.05) is 23.8 Å². The van der Waals surface area contributed by atoms with Gasteiger partial charge < -0.3 is 85.4 Å². The van der Waals surface area contributed by atoms with E-state index in [9.17, 15) is 48.9 Å². The van der Waals surface area contributed by atoms with Gasteiger partial charge in [-0.3, -0.25) is 38.4 Å². The normalized spacial score (nSPS) is 21.8. The second-order valence-corrected chi connectivity index (χ2v) is 24.7. The van der Waals surface area contributed by atoms with Crippen molar-refractivity contribution in [1.82, 2.24) is 52.8 Å².